The van der Waals surface area contributed by atoms with Gasteiger partial charge < -0.3 is 5.32 Å². The third kappa shape index (κ3) is 2.80. The van der Waals surface area contributed by atoms with Gasteiger partial charge in [0.15, 0.2) is 11.6 Å². The molecule has 0 amide bonds. The Hall–Kier alpha value is -3.06. The Morgan fingerprint density at radius 1 is 1.07 bits per heavy atom. The topological polar surface area (TPSA) is 59.8 Å². The minimum Gasteiger partial charge on any atom is -0.338 e. The molecule has 7 heteroatoms. The number of nitrogens with one attached hydrogen (secondary N) is 1. The highest BCUT2D eigenvalue weighted by Crippen LogP contribution is 2.33. The van der Waals surface area contributed by atoms with Crippen LogP contribution in [0.2, 0.25) is 0 Å². The Morgan fingerprint density at radius 3 is 2.70 bits per heavy atom. The Balaban J connectivity index is 1.63. The average molecular weight is 378 g/mol. The highest BCUT2D eigenvalue weighted by molar-refractivity contribution is 7.20. The molecule has 27 heavy (non-hydrogen) atoms. The van der Waals surface area contributed by atoms with Gasteiger partial charge in [-0.05, 0) is 49.2 Å². The third-order valence-electron chi connectivity index (χ3n) is 4.65. The number of carbonyl (C=O) groups is 1. The van der Waals surface area contributed by atoms with Crippen LogP contribution in [0.15, 0.2) is 48.5 Å². The fraction of sp³-hybridized carbons (Fsp3) is 0.150. The van der Waals surface area contributed by atoms with E-state index in [0.717, 1.165) is 33.9 Å². The van der Waals surface area contributed by atoms with Crippen molar-refractivity contribution in [3.63, 3.8) is 0 Å². The van der Waals surface area contributed by atoms with Crippen molar-refractivity contribution >= 4 is 38.8 Å². The van der Waals surface area contributed by atoms with E-state index in [1.165, 1.54) is 12.1 Å². The maximum absolute atomic E-state index is 13.2. The van der Waals surface area contributed by atoms with Gasteiger partial charge in [0.25, 0.3) is 0 Å². The van der Waals surface area contributed by atoms with Crippen LogP contribution in [0.3, 0.4) is 0 Å². The first-order valence-electron chi connectivity index (χ1n) is 8.73. The zero-order valence-electron chi connectivity index (χ0n) is 14.3. The van der Waals surface area contributed by atoms with Crippen LogP contribution in [-0.2, 0) is 6.42 Å². The summed E-state index contributed by atoms with van der Waals surface area (Å²) >= 11 is 1.55. The van der Waals surface area contributed by atoms with Gasteiger partial charge in [-0.15, -0.1) is 5.10 Å². The lowest BCUT2D eigenvalue weighted by atomic mass is 9.96. The Kier molecular flexibility index (Phi) is 3.75. The number of carbonyl (C=O) groups excluding carboxylic acids is 1. The number of anilines is 2. The summed E-state index contributed by atoms with van der Waals surface area (Å²) in [6.45, 7) is 0. The van der Waals surface area contributed by atoms with E-state index in [1.807, 2.05) is 24.3 Å². The molecule has 0 saturated heterocycles. The van der Waals surface area contributed by atoms with E-state index in [9.17, 15) is 9.18 Å². The largest absolute Gasteiger partial charge is 0.338 e. The molecule has 0 aliphatic heterocycles. The molecule has 1 aliphatic rings. The molecule has 2 aromatic carbocycles. The quantitative estimate of drug-likeness (QED) is 0.552. The van der Waals surface area contributed by atoms with Crippen molar-refractivity contribution in [2.45, 2.75) is 19.3 Å². The summed E-state index contributed by atoms with van der Waals surface area (Å²) in [5, 5.41) is 8.58. The Labute approximate surface area is 158 Å². The number of para-hydroxylation sites is 1. The lowest BCUT2D eigenvalue weighted by molar-refractivity contribution is 0.0973. The van der Waals surface area contributed by atoms with Crippen molar-refractivity contribution < 1.29 is 9.18 Å². The number of hydrogen-bond donors (Lipinski definition) is 1. The van der Waals surface area contributed by atoms with Gasteiger partial charge >= 0.3 is 0 Å². The van der Waals surface area contributed by atoms with Crippen molar-refractivity contribution in [3.05, 3.63) is 65.6 Å². The predicted octanol–water partition coefficient (Wildman–Crippen LogP) is 4.88. The summed E-state index contributed by atoms with van der Waals surface area (Å²) in [5.74, 6) is 0.271. The Morgan fingerprint density at radius 2 is 1.89 bits per heavy atom. The van der Waals surface area contributed by atoms with Crippen molar-refractivity contribution in [1.29, 1.82) is 0 Å². The molecule has 2 aromatic heterocycles. The molecule has 0 bridgehead atoms. The molecule has 4 aromatic rings. The lowest BCUT2D eigenvalue weighted by Crippen LogP contribution is -2.13. The predicted molar refractivity (Wildman–Crippen MR) is 104 cm³/mol. The summed E-state index contributed by atoms with van der Waals surface area (Å²) in [7, 11) is 0. The second kappa shape index (κ2) is 6.28. The van der Waals surface area contributed by atoms with E-state index in [2.05, 4.69) is 15.4 Å². The second-order valence-corrected chi connectivity index (χ2v) is 7.46. The van der Waals surface area contributed by atoms with Gasteiger partial charge in [0, 0.05) is 12.1 Å². The van der Waals surface area contributed by atoms with Crippen molar-refractivity contribution in [2.75, 3.05) is 5.32 Å². The van der Waals surface area contributed by atoms with Crippen LogP contribution >= 0.6 is 11.3 Å². The number of halogens is 1. The van der Waals surface area contributed by atoms with E-state index in [1.54, 1.807) is 28.2 Å². The van der Waals surface area contributed by atoms with Crippen LogP contribution < -0.4 is 5.32 Å². The molecular formula is C20H15FN4OS. The van der Waals surface area contributed by atoms with Gasteiger partial charge in [-0.2, -0.15) is 0 Å². The molecule has 1 N–H and O–H groups in total. The normalized spacial score (nSPS) is 13.7. The van der Waals surface area contributed by atoms with Crippen LogP contribution in [0, 0.1) is 5.82 Å². The standard InChI is InChI=1S/C20H15FN4OS/c21-12-8-10-13(11-9-12)22-19-18-15(5-3-6-16(18)26)25(24-19)20-23-14-4-1-2-7-17(14)27-20/h1-2,4,7-11H,3,5-6H2,(H,22,24). The highest BCUT2D eigenvalue weighted by atomic mass is 32.1. The lowest BCUT2D eigenvalue weighted by Gasteiger charge is -2.12. The molecule has 0 saturated carbocycles. The first-order chi connectivity index (χ1) is 13.2. The van der Waals surface area contributed by atoms with E-state index in [0.29, 0.717) is 23.5 Å². The number of Topliss-reactive ketones (excluding diaryl/α,β-unsaturated/α-hetero) is 1. The van der Waals surface area contributed by atoms with Crippen LogP contribution in [-0.4, -0.2) is 20.5 Å². The highest BCUT2D eigenvalue weighted by Gasteiger charge is 2.28. The summed E-state index contributed by atoms with van der Waals surface area (Å²) < 4.78 is 16.0. The van der Waals surface area contributed by atoms with E-state index in [4.69, 9.17) is 0 Å². The van der Waals surface area contributed by atoms with Crippen molar-refractivity contribution in [2.24, 2.45) is 0 Å². The van der Waals surface area contributed by atoms with E-state index >= 15 is 0 Å². The number of hydrogen-bond acceptors (Lipinski definition) is 5. The minimum absolute atomic E-state index is 0.0771. The fourth-order valence-electron chi connectivity index (χ4n) is 3.38. The Bertz CT molecular complexity index is 1130. The summed E-state index contributed by atoms with van der Waals surface area (Å²) in [6.07, 6.45) is 2.09. The first kappa shape index (κ1) is 16.1. The average Bonchev–Trinajstić information content (AvgIpc) is 3.26. The minimum atomic E-state index is -0.307. The molecule has 5 rings (SSSR count). The van der Waals surface area contributed by atoms with Gasteiger partial charge in [0.05, 0.1) is 21.5 Å². The van der Waals surface area contributed by atoms with E-state index in [-0.39, 0.29) is 11.6 Å². The number of benzene rings is 2. The fourth-order valence-corrected chi connectivity index (χ4v) is 4.33. The SMILES string of the molecule is O=C1CCCc2c1c(Nc1ccc(F)cc1)nn2-c1nc2ccccc2s1. The second-order valence-electron chi connectivity index (χ2n) is 6.45. The molecule has 0 fully saturated rings. The van der Waals surface area contributed by atoms with Gasteiger partial charge in [-0.1, -0.05) is 23.5 Å². The van der Waals surface area contributed by atoms with Gasteiger partial charge in [0.1, 0.15) is 5.82 Å². The summed E-state index contributed by atoms with van der Waals surface area (Å²) in [6, 6.07) is 13.9. The molecule has 134 valence electrons. The van der Waals surface area contributed by atoms with E-state index < -0.39 is 0 Å². The number of nitrogens with zero attached hydrogens (tertiary/aromatic N) is 3. The van der Waals surface area contributed by atoms with Crippen LogP contribution in [0.25, 0.3) is 15.3 Å². The molecule has 0 unspecified atom stereocenters. The zero-order valence-corrected chi connectivity index (χ0v) is 15.1. The van der Waals surface area contributed by atoms with Gasteiger partial charge in [-0.25, -0.2) is 14.1 Å². The maximum Gasteiger partial charge on any atom is 0.211 e. The molecule has 1 aliphatic carbocycles. The van der Waals surface area contributed by atoms with Crippen LogP contribution in [0.4, 0.5) is 15.9 Å². The molecule has 0 radical (unpaired) electrons. The van der Waals surface area contributed by atoms with Gasteiger partial charge in [0.2, 0.25) is 5.13 Å². The third-order valence-corrected chi connectivity index (χ3v) is 5.66. The van der Waals surface area contributed by atoms with Crippen LogP contribution in [0.5, 0.6) is 0 Å². The number of rotatable bonds is 3. The molecular weight excluding hydrogens is 363 g/mol. The molecule has 0 spiro atoms. The first-order valence-corrected chi connectivity index (χ1v) is 9.54. The monoisotopic (exact) mass is 378 g/mol. The van der Waals surface area contributed by atoms with Crippen molar-refractivity contribution in [1.82, 2.24) is 14.8 Å². The maximum atomic E-state index is 13.2. The van der Waals surface area contributed by atoms with Crippen LogP contribution in [0.1, 0.15) is 28.9 Å². The summed E-state index contributed by atoms with van der Waals surface area (Å²) in [4.78, 5) is 17.3. The molecule has 2 heterocycles. The summed E-state index contributed by atoms with van der Waals surface area (Å²) in [5.41, 5.74) is 3.10. The number of fused-ring (bicyclic) bond motifs is 2. The number of thiazole rings is 1. The molecule has 5 nitrogen and oxygen atoms in total. The molecule has 0 atom stereocenters. The van der Waals surface area contributed by atoms with Gasteiger partial charge in [-0.3, -0.25) is 4.79 Å². The smallest absolute Gasteiger partial charge is 0.211 e. The number of aromatic nitrogens is 3. The zero-order chi connectivity index (χ0) is 18.4. The van der Waals surface area contributed by atoms with Crippen molar-refractivity contribution in [3.8, 4) is 5.13 Å². The number of ketones is 1.